The molecule has 0 aliphatic rings. The Morgan fingerprint density at radius 2 is 1.90 bits per heavy atom. The molecule has 8 nitrogen and oxygen atoms in total. The summed E-state index contributed by atoms with van der Waals surface area (Å²) in [5, 5.41) is 10.6. The van der Waals surface area contributed by atoms with E-state index in [1.54, 1.807) is 6.07 Å². The first-order valence-corrected chi connectivity index (χ1v) is 5.67. The van der Waals surface area contributed by atoms with Crippen molar-refractivity contribution in [2.75, 3.05) is 0 Å². The Kier molecular flexibility index (Phi) is 3.93. The van der Waals surface area contributed by atoms with Gasteiger partial charge in [-0.15, -0.1) is 0 Å². The van der Waals surface area contributed by atoms with E-state index in [1.165, 1.54) is 12.3 Å². The van der Waals surface area contributed by atoms with Gasteiger partial charge in [0.2, 0.25) is 5.82 Å². The van der Waals surface area contributed by atoms with Crippen molar-refractivity contribution in [3.63, 3.8) is 0 Å². The molecule has 1 heterocycles. The number of nitrogens with one attached hydrogen (secondary N) is 3. The van der Waals surface area contributed by atoms with E-state index in [1.807, 2.05) is 0 Å². The minimum atomic E-state index is -1.05. The monoisotopic (exact) mass is 292 g/mol. The van der Waals surface area contributed by atoms with E-state index in [0.717, 1.165) is 18.2 Å². The number of hydrazine groups is 1. The van der Waals surface area contributed by atoms with Gasteiger partial charge in [0.05, 0.1) is 4.92 Å². The Morgan fingerprint density at radius 1 is 1.19 bits per heavy atom. The molecule has 0 saturated carbocycles. The highest BCUT2D eigenvalue weighted by atomic mass is 19.1. The summed E-state index contributed by atoms with van der Waals surface area (Å²) in [6.45, 7) is 0. The Balaban J connectivity index is 2.05. The standard InChI is InChI=1S/C12H9FN4O4/c13-8-4-3-7(6-10(8)17(20)21)11(18)15-16-12(19)9-2-1-5-14-9/h1-6,14H,(H,15,18)(H,16,19). The molecular weight excluding hydrogens is 283 g/mol. The van der Waals surface area contributed by atoms with Crippen molar-refractivity contribution >= 4 is 17.5 Å². The minimum absolute atomic E-state index is 0.158. The number of aromatic nitrogens is 1. The lowest BCUT2D eigenvalue weighted by atomic mass is 10.2. The number of carbonyl (C=O) groups excluding carboxylic acids is 2. The van der Waals surface area contributed by atoms with Gasteiger partial charge in [-0.3, -0.25) is 30.6 Å². The number of hydrogen-bond acceptors (Lipinski definition) is 4. The first kappa shape index (κ1) is 14.2. The van der Waals surface area contributed by atoms with Gasteiger partial charge in [0.15, 0.2) is 0 Å². The van der Waals surface area contributed by atoms with Crippen molar-refractivity contribution < 1.29 is 18.9 Å². The molecular formula is C12H9FN4O4. The Bertz CT molecular complexity index is 699. The summed E-state index contributed by atoms with van der Waals surface area (Å²) >= 11 is 0. The van der Waals surface area contributed by atoms with Crippen LogP contribution in [-0.4, -0.2) is 21.7 Å². The third-order valence-electron chi connectivity index (χ3n) is 2.54. The molecule has 0 bridgehead atoms. The Labute approximate surface area is 117 Å². The smallest absolute Gasteiger partial charge is 0.305 e. The van der Waals surface area contributed by atoms with Crippen molar-refractivity contribution in [3.05, 3.63) is 63.7 Å². The molecule has 0 saturated heterocycles. The van der Waals surface area contributed by atoms with Gasteiger partial charge < -0.3 is 4.98 Å². The third-order valence-corrected chi connectivity index (χ3v) is 2.54. The summed E-state index contributed by atoms with van der Waals surface area (Å²) in [5.74, 6) is -2.45. The zero-order chi connectivity index (χ0) is 15.4. The van der Waals surface area contributed by atoms with E-state index in [-0.39, 0.29) is 11.3 Å². The molecule has 2 aromatic rings. The predicted molar refractivity (Wildman–Crippen MR) is 68.8 cm³/mol. The summed E-state index contributed by atoms with van der Waals surface area (Å²) in [5.41, 5.74) is 3.43. The summed E-state index contributed by atoms with van der Waals surface area (Å²) in [7, 11) is 0. The lowest BCUT2D eigenvalue weighted by Crippen LogP contribution is -2.41. The molecule has 3 N–H and O–H groups in total. The van der Waals surface area contributed by atoms with Crippen molar-refractivity contribution in [1.29, 1.82) is 0 Å². The fourth-order valence-electron chi connectivity index (χ4n) is 1.52. The summed E-state index contributed by atoms with van der Waals surface area (Å²) in [4.78, 5) is 35.5. The molecule has 2 rings (SSSR count). The highest BCUT2D eigenvalue weighted by molar-refractivity contribution is 5.98. The molecule has 0 fully saturated rings. The van der Waals surface area contributed by atoms with Crippen LogP contribution in [0.5, 0.6) is 0 Å². The van der Waals surface area contributed by atoms with Crippen LogP contribution in [0.4, 0.5) is 10.1 Å². The number of halogens is 1. The number of rotatable bonds is 3. The largest absolute Gasteiger partial charge is 0.357 e. The van der Waals surface area contributed by atoms with E-state index in [0.29, 0.717) is 0 Å². The van der Waals surface area contributed by atoms with Gasteiger partial charge in [-0.25, -0.2) is 0 Å². The molecule has 0 spiro atoms. The zero-order valence-corrected chi connectivity index (χ0v) is 10.4. The van der Waals surface area contributed by atoms with Crippen LogP contribution >= 0.6 is 0 Å². The lowest BCUT2D eigenvalue weighted by molar-refractivity contribution is -0.387. The van der Waals surface area contributed by atoms with Crippen LogP contribution in [0.1, 0.15) is 20.8 Å². The van der Waals surface area contributed by atoms with Crippen LogP contribution in [0.3, 0.4) is 0 Å². The van der Waals surface area contributed by atoms with Gasteiger partial charge in [-0.1, -0.05) is 0 Å². The van der Waals surface area contributed by atoms with Crippen molar-refractivity contribution in [2.24, 2.45) is 0 Å². The summed E-state index contributed by atoms with van der Waals surface area (Å²) < 4.78 is 13.1. The van der Waals surface area contributed by atoms with Gasteiger partial charge in [-0.05, 0) is 24.3 Å². The maximum absolute atomic E-state index is 13.1. The number of nitrogens with zero attached hydrogens (tertiary/aromatic N) is 1. The highest BCUT2D eigenvalue weighted by Gasteiger charge is 2.18. The molecule has 0 unspecified atom stereocenters. The lowest BCUT2D eigenvalue weighted by Gasteiger charge is -2.06. The highest BCUT2D eigenvalue weighted by Crippen LogP contribution is 2.18. The first-order valence-electron chi connectivity index (χ1n) is 5.67. The predicted octanol–water partition coefficient (Wildman–Crippen LogP) is 1.14. The molecule has 0 atom stereocenters. The fraction of sp³-hybridized carbons (Fsp3) is 0. The van der Waals surface area contributed by atoms with Gasteiger partial charge in [0, 0.05) is 17.8 Å². The van der Waals surface area contributed by atoms with Gasteiger partial charge >= 0.3 is 5.69 Å². The number of amides is 2. The summed E-state index contributed by atoms with van der Waals surface area (Å²) in [6.07, 6.45) is 1.53. The zero-order valence-electron chi connectivity index (χ0n) is 10.4. The number of hydrogen-bond donors (Lipinski definition) is 3. The second-order valence-electron chi connectivity index (χ2n) is 3.92. The number of aromatic amines is 1. The number of H-pyrrole nitrogens is 1. The molecule has 0 aliphatic carbocycles. The SMILES string of the molecule is O=C(NNC(=O)c1ccc[nH]1)c1ccc(F)c([N+](=O)[O-])c1. The molecule has 1 aromatic heterocycles. The molecule has 9 heteroatoms. The Morgan fingerprint density at radius 3 is 2.52 bits per heavy atom. The number of nitro benzene ring substituents is 1. The average molecular weight is 292 g/mol. The maximum Gasteiger partial charge on any atom is 0.305 e. The molecule has 0 aliphatic heterocycles. The minimum Gasteiger partial charge on any atom is -0.357 e. The van der Waals surface area contributed by atoms with Crippen molar-refractivity contribution in [3.8, 4) is 0 Å². The van der Waals surface area contributed by atoms with E-state index in [2.05, 4.69) is 15.8 Å². The molecule has 0 radical (unpaired) electrons. The van der Waals surface area contributed by atoms with Gasteiger partial charge in [-0.2, -0.15) is 4.39 Å². The van der Waals surface area contributed by atoms with Crippen LogP contribution in [0.2, 0.25) is 0 Å². The van der Waals surface area contributed by atoms with E-state index in [4.69, 9.17) is 0 Å². The van der Waals surface area contributed by atoms with Crippen LogP contribution < -0.4 is 10.9 Å². The van der Waals surface area contributed by atoms with Crippen LogP contribution in [-0.2, 0) is 0 Å². The number of carbonyl (C=O) groups is 2. The van der Waals surface area contributed by atoms with Crippen LogP contribution in [0.15, 0.2) is 36.5 Å². The third kappa shape index (κ3) is 3.21. The number of nitro groups is 1. The first-order chi connectivity index (χ1) is 9.99. The van der Waals surface area contributed by atoms with Crippen molar-refractivity contribution in [2.45, 2.75) is 0 Å². The molecule has 108 valence electrons. The van der Waals surface area contributed by atoms with Crippen LogP contribution in [0, 0.1) is 15.9 Å². The quantitative estimate of drug-likeness (QED) is 0.580. The van der Waals surface area contributed by atoms with Crippen LogP contribution in [0.25, 0.3) is 0 Å². The summed E-state index contributed by atoms with van der Waals surface area (Å²) in [6, 6.07) is 5.74. The fourth-order valence-corrected chi connectivity index (χ4v) is 1.52. The van der Waals surface area contributed by atoms with Crippen molar-refractivity contribution in [1.82, 2.24) is 15.8 Å². The normalized spacial score (nSPS) is 9.95. The number of benzene rings is 1. The maximum atomic E-state index is 13.1. The van der Waals surface area contributed by atoms with Gasteiger partial charge in [0.1, 0.15) is 5.69 Å². The molecule has 2 amide bonds. The second kappa shape index (κ2) is 5.82. The average Bonchev–Trinajstić information content (AvgIpc) is 2.98. The topological polar surface area (TPSA) is 117 Å². The van der Waals surface area contributed by atoms with E-state index in [9.17, 15) is 24.1 Å². The molecule has 21 heavy (non-hydrogen) atoms. The van der Waals surface area contributed by atoms with E-state index < -0.39 is 28.2 Å². The second-order valence-corrected chi connectivity index (χ2v) is 3.92. The van der Waals surface area contributed by atoms with Gasteiger partial charge in [0.25, 0.3) is 11.8 Å². The molecule has 1 aromatic carbocycles. The Hall–Kier alpha value is -3.23. The van der Waals surface area contributed by atoms with E-state index >= 15 is 0 Å².